The summed E-state index contributed by atoms with van der Waals surface area (Å²) in [6.45, 7) is 8.82. The minimum absolute atomic E-state index is 0.00186. The standard InChI is InChI=1S/C31H31N5O7.C28H27N5O7/c1-18-4-6-19(7-5-18)9-11-24(37)38-14-23-26-27(43-31(2,3)42-26)30(41-23)36-16-35-25-28(33-15-34-29(25)36)32-13-20-8-10-21-22(12-20)40-17-39-21;1-16-2-4-17(5-3-16)7-9-22(34)37-12-21-24(35)25(36)28(40-21)33-14-32-23-26(30-13-31-27(23)33)29-11-18-6-8-19-20(10-18)39-15-38-19/h4-12,15-16,23,26-27,30H,13-14,17H2,1-3H3,(H,32,33,34);2-10,13-14,21,24-25,28,35-36H,11-12,15H2,1H3,(H,29,30,31)/b11-9+;9-7+/t23-,26?,27+,30-;21-,24?,25+,28-/m11/s1. The Kier molecular flexibility index (Phi) is 15.4. The molecule has 8 aromatic rings. The molecule has 0 bridgehead atoms. The molecule has 0 spiro atoms. The van der Waals surface area contributed by atoms with Crippen LogP contribution >= 0.6 is 0 Å². The number of carbonyl (C=O) groups is 2. The fourth-order valence-corrected chi connectivity index (χ4v) is 10.0. The number of aromatic nitrogens is 8. The second kappa shape index (κ2) is 23.4. The number of hydrogen-bond acceptors (Lipinski definition) is 22. The predicted octanol–water partition coefficient (Wildman–Crippen LogP) is 6.50. The van der Waals surface area contributed by atoms with Crippen LogP contribution in [0.3, 0.4) is 0 Å². The van der Waals surface area contributed by atoms with Gasteiger partial charge in [0.25, 0.3) is 0 Å². The zero-order valence-corrected chi connectivity index (χ0v) is 45.4. The highest BCUT2D eigenvalue weighted by atomic mass is 16.8. The van der Waals surface area contributed by atoms with Crippen LogP contribution in [0.25, 0.3) is 34.5 Å². The third-order valence-electron chi connectivity index (χ3n) is 14.3. The number of imidazole rings is 2. The molecule has 3 saturated heterocycles. The molecule has 9 heterocycles. The second-order valence-corrected chi connectivity index (χ2v) is 20.6. The maximum Gasteiger partial charge on any atom is 0.330 e. The van der Waals surface area contributed by atoms with E-state index in [1.54, 1.807) is 18.5 Å². The van der Waals surface area contributed by atoms with Gasteiger partial charge >= 0.3 is 11.9 Å². The number of benzene rings is 4. The predicted molar refractivity (Wildman–Crippen MR) is 296 cm³/mol. The van der Waals surface area contributed by atoms with Gasteiger partial charge in [0.2, 0.25) is 13.6 Å². The van der Waals surface area contributed by atoms with Gasteiger partial charge in [0, 0.05) is 25.2 Å². The highest BCUT2D eigenvalue weighted by Gasteiger charge is 2.56. The molecular weight excluding hydrogens is 1070 g/mol. The van der Waals surface area contributed by atoms with Crippen LogP contribution in [0.4, 0.5) is 11.6 Å². The lowest BCUT2D eigenvalue weighted by molar-refractivity contribution is -0.201. The van der Waals surface area contributed by atoms with Crippen molar-refractivity contribution in [3.63, 3.8) is 0 Å². The van der Waals surface area contributed by atoms with Crippen molar-refractivity contribution < 1.29 is 67.2 Å². The maximum atomic E-state index is 12.5. The van der Waals surface area contributed by atoms with Crippen molar-refractivity contribution in [1.29, 1.82) is 0 Å². The van der Waals surface area contributed by atoms with Crippen LogP contribution in [0.5, 0.6) is 23.0 Å². The first kappa shape index (κ1) is 54.5. The summed E-state index contributed by atoms with van der Waals surface area (Å²) in [5.41, 5.74) is 8.00. The number of esters is 2. The molecule has 24 nitrogen and oxygen atoms in total. The first-order valence-corrected chi connectivity index (χ1v) is 26.7. The molecule has 0 amide bonds. The van der Waals surface area contributed by atoms with Gasteiger partial charge < -0.3 is 68.2 Å². The topological polar surface area (TPSA) is 278 Å². The minimum atomic E-state index is -1.30. The van der Waals surface area contributed by atoms with Gasteiger partial charge in [-0.2, -0.15) is 0 Å². The summed E-state index contributed by atoms with van der Waals surface area (Å²) in [6, 6.07) is 27.0. The van der Waals surface area contributed by atoms with E-state index in [4.69, 9.17) is 47.4 Å². The van der Waals surface area contributed by atoms with E-state index >= 15 is 0 Å². The summed E-state index contributed by atoms with van der Waals surface area (Å²) in [6.07, 6.45) is 5.40. The first-order valence-electron chi connectivity index (χ1n) is 26.7. The van der Waals surface area contributed by atoms with Crippen LogP contribution in [0, 0.1) is 13.8 Å². The Labute approximate surface area is 474 Å². The van der Waals surface area contributed by atoms with Crippen molar-refractivity contribution >= 4 is 58.1 Å². The third-order valence-corrected chi connectivity index (χ3v) is 14.3. The van der Waals surface area contributed by atoms with E-state index in [2.05, 4.69) is 40.5 Å². The van der Waals surface area contributed by atoms with E-state index in [9.17, 15) is 19.8 Å². The summed E-state index contributed by atoms with van der Waals surface area (Å²) in [7, 11) is 0. The van der Waals surface area contributed by atoms with Crippen LogP contribution < -0.4 is 29.6 Å². The molecule has 5 aliphatic rings. The summed E-state index contributed by atoms with van der Waals surface area (Å²) in [5, 5.41) is 27.9. The lowest BCUT2D eigenvalue weighted by atomic mass is 10.1. The summed E-state index contributed by atoms with van der Waals surface area (Å²) >= 11 is 0. The largest absolute Gasteiger partial charge is 0.460 e. The Morgan fingerprint density at radius 3 is 1.59 bits per heavy atom. The van der Waals surface area contributed by atoms with Crippen LogP contribution in [-0.2, 0) is 51.1 Å². The Balaban J connectivity index is 0.000000164. The molecule has 4 aromatic carbocycles. The third kappa shape index (κ3) is 12.0. The van der Waals surface area contributed by atoms with E-state index in [1.165, 1.54) is 35.7 Å². The van der Waals surface area contributed by atoms with Gasteiger partial charge in [0.1, 0.15) is 62.5 Å². The van der Waals surface area contributed by atoms with Crippen molar-refractivity contribution in [2.45, 2.75) is 95.7 Å². The zero-order valence-electron chi connectivity index (χ0n) is 45.4. The van der Waals surface area contributed by atoms with E-state index in [0.29, 0.717) is 64.3 Å². The number of anilines is 2. The highest BCUT2D eigenvalue weighted by Crippen LogP contribution is 2.44. The number of rotatable bonds is 16. The molecule has 0 saturated carbocycles. The molecule has 4 aromatic heterocycles. The summed E-state index contributed by atoms with van der Waals surface area (Å²) in [4.78, 5) is 51.3. The summed E-state index contributed by atoms with van der Waals surface area (Å²) in [5.74, 6) is 2.00. The van der Waals surface area contributed by atoms with Gasteiger partial charge in [-0.1, -0.05) is 71.8 Å². The average Bonchev–Trinajstić information content (AvgIpc) is 4.01. The molecule has 13 rings (SSSR count). The number of carbonyl (C=O) groups excluding carboxylic acids is 2. The monoisotopic (exact) mass is 1130 g/mol. The molecule has 4 N–H and O–H groups in total. The lowest BCUT2D eigenvalue weighted by Crippen LogP contribution is -2.34. The van der Waals surface area contributed by atoms with E-state index < -0.39 is 66.8 Å². The number of aliphatic hydroxyl groups excluding tert-OH is 2. The van der Waals surface area contributed by atoms with Crippen LogP contribution in [0.1, 0.15) is 59.7 Å². The fourth-order valence-electron chi connectivity index (χ4n) is 10.0. The van der Waals surface area contributed by atoms with Crippen LogP contribution in [0.2, 0.25) is 0 Å². The van der Waals surface area contributed by atoms with E-state index in [0.717, 1.165) is 39.1 Å². The quantitative estimate of drug-likeness (QED) is 0.0593. The average molecular weight is 1130 g/mol. The Morgan fingerprint density at radius 2 is 1.06 bits per heavy atom. The highest BCUT2D eigenvalue weighted by molar-refractivity contribution is 5.88. The van der Waals surface area contributed by atoms with Gasteiger partial charge in [-0.05, 0) is 86.4 Å². The molecular formula is C59H58N10O14. The van der Waals surface area contributed by atoms with Crippen molar-refractivity contribution in [3.8, 4) is 23.0 Å². The molecule has 5 aliphatic heterocycles. The number of hydrogen-bond donors (Lipinski definition) is 4. The molecule has 0 aliphatic carbocycles. The second-order valence-electron chi connectivity index (χ2n) is 20.6. The number of ether oxygens (including phenoxy) is 10. The zero-order chi connectivity index (χ0) is 57.2. The fraction of sp³-hybridized carbons (Fsp3) is 0.322. The van der Waals surface area contributed by atoms with E-state index in [-0.39, 0.29) is 26.8 Å². The molecule has 428 valence electrons. The van der Waals surface area contributed by atoms with Gasteiger partial charge in [0.15, 0.2) is 75.2 Å². The van der Waals surface area contributed by atoms with Crippen LogP contribution in [0.15, 0.2) is 122 Å². The molecule has 83 heavy (non-hydrogen) atoms. The SMILES string of the molecule is Cc1ccc(/C=C/C(=O)OC[C@H]2O[C@@H](n3cnc4c(NCc5ccc6c(c5)OCO6)ncnc43)[C@@H](O)C2O)cc1.Cc1ccc(/C=C/C(=O)OC[C@H]2O[C@@H](n3cnc4c(NCc5ccc6c(c5)OCO6)ncnc43)[C@H]3OC(C)(C)OC23)cc1. The molecule has 8 atom stereocenters. The van der Waals surface area contributed by atoms with Gasteiger partial charge in [-0.25, -0.2) is 39.5 Å². The summed E-state index contributed by atoms with van der Waals surface area (Å²) < 4.78 is 60.5. The molecule has 0 radical (unpaired) electrons. The Bertz CT molecular complexity index is 3720. The number of fused-ring (bicyclic) bond motifs is 5. The number of aryl methyl sites for hydroxylation is 2. The Hall–Kier alpha value is -9.04. The Morgan fingerprint density at radius 1 is 0.590 bits per heavy atom. The first-order chi connectivity index (χ1) is 40.3. The molecule has 24 heteroatoms. The van der Waals surface area contributed by atoms with Crippen LogP contribution in [-0.4, -0.2) is 130 Å². The number of nitrogens with one attached hydrogen (secondary N) is 2. The minimum Gasteiger partial charge on any atom is -0.460 e. The van der Waals surface area contributed by atoms with Crippen molar-refractivity contribution in [1.82, 2.24) is 39.0 Å². The lowest BCUT2D eigenvalue weighted by Gasteiger charge is -2.24. The number of aliphatic hydroxyl groups is 2. The van der Waals surface area contributed by atoms with Gasteiger partial charge in [0.05, 0.1) is 12.7 Å². The van der Waals surface area contributed by atoms with Crippen molar-refractivity contribution in [3.05, 3.63) is 156 Å². The smallest absolute Gasteiger partial charge is 0.330 e. The van der Waals surface area contributed by atoms with Gasteiger partial charge in [-0.15, -0.1) is 0 Å². The van der Waals surface area contributed by atoms with Crippen molar-refractivity contribution in [2.75, 3.05) is 37.4 Å². The normalized spacial score (nSPS) is 22.7. The molecule has 2 unspecified atom stereocenters. The van der Waals surface area contributed by atoms with Crippen molar-refractivity contribution in [2.24, 2.45) is 0 Å². The maximum absolute atomic E-state index is 12.5. The molecule has 3 fully saturated rings. The van der Waals surface area contributed by atoms with E-state index in [1.807, 2.05) is 117 Å². The van der Waals surface area contributed by atoms with Gasteiger partial charge in [-0.3, -0.25) is 9.13 Å². The number of nitrogens with zero attached hydrogens (tertiary/aromatic N) is 8.